The van der Waals surface area contributed by atoms with E-state index in [1.807, 2.05) is 55.5 Å². The van der Waals surface area contributed by atoms with Gasteiger partial charge in [0.15, 0.2) is 0 Å². The van der Waals surface area contributed by atoms with Crippen LogP contribution in [0.25, 0.3) is 0 Å². The molecule has 1 fully saturated rings. The number of benzene rings is 2. The summed E-state index contributed by atoms with van der Waals surface area (Å²) in [6.45, 7) is 6.07. The number of anilines is 4. The molecule has 0 radical (unpaired) electrons. The molecule has 4 rings (SSSR count). The predicted octanol–water partition coefficient (Wildman–Crippen LogP) is 4.41. The van der Waals surface area contributed by atoms with Crippen molar-refractivity contribution >= 4 is 40.6 Å². The molecule has 178 valence electrons. The van der Waals surface area contributed by atoms with Crippen molar-refractivity contribution < 1.29 is 9.53 Å². The number of aromatic nitrogens is 2. The Labute approximate surface area is 204 Å². The molecule has 3 aromatic rings. The van der Waals surface area contributed by atoms with Crippen LogP contribution in [0.1, 0.15) is 22.8 Å². The maximum Gasteiger partial charge on any atom is 0.253 e. The molecule has 0 aliphatic carbocycles. The minimum Gasteiger partial charge on any atom is -0.378 e. The van der Waals surface area contributed by atoms with Crippen LogP contribution in [-0.4, -0.2) is 60.7 Å². The summed E-state index contributed by atoms with van der Waals surface area (Å²) in [5.41, 5.74) is 3.40. The Balaban J connectivity index is 1.54. The van der Waals surface area contributed by atoms with Crippen LogP contribution in [0.3, 0.4) is 0 Å². The van der Waals surface area contributed by atoms with Crippen LogP contribution in [0.4, 0.5) is 23.1 Å². The number of hydrogen-bond acceptors (Lipinski definition) is 7. The van der Waals surface area contributed by atoms with Crippen molar-refractivity contribution in [2.75, 3.05) is 55.4 Å². The molecule has 1 aromatic heterocycles. The van der Waals surface area contributed by atoms with E-state index in [-0.39, 0.29) is 5.91 Å². The maximum atomic E-state index is 12.9. The Kier molecular flexibility index (Phi) is 7.82. The number of nitrogens with one attached hydrogen (secondary N) is 2. The number of carbonyl (C=O) groups is 1. The van der Waals surface area contributed by atoms with Gasteiger partial charge >= 0.3 is 0 Å². The van der Waals surface area contributed by atoms with Crippen molar-refractivity contribution in [3.8, 4) is 0 Å². The molecule has 1 aliphatic heterocycles. The van der Waals surface area contributed by atoms with Crippen molar-refractivity contribution in [3.05, 3.63) is 70.9 Å². The monoisotopic (exact) mass is 480 g/mol. The highest BCUT2D eigenvalue weighted by Gasteiger charge is 2.17. The van der Waals surface area contributed by atoms with Gasteiger partial charge in [-0.15, -0.1) is 0 Å². The van der Waals surface area contributed by atoms with E-state index in [1.165, 1.54) is 0 Å². The molecule has 1 aliphatic rings. The number of carbonyl (C=O) groups excluding carboxylic acids is 1. The number of hydrogen-bond donors (Lipinski definition) is 2. The number of rotatable bonds is 8. The molecule has 2 heterocycles. The first kappa shape index (κ1) is 23.8. The molecule has 0 spiro atoms. The third-order valence-corrected chi connectivity index (χ3v) is 5.87. The van der Waals surface area contributed by atoms with E-state index in [1.54, 1.807) is 18.1 Å². The van der Waals surface area contributed by atoms with Crippen molar-refractivity contribution in [1.82, 2.24) is 14.9 Å². The van der Waals surface area contributed by atoms with Gasteiger partial charge in [0.25, 0.3) is 5.91 Å². The highest BCUT2D eigenvalue weighted by Crippen LogP contribution is 2.26. The molecule has 0 bridgehead atoms. The van der Waals surface area contributed by atoms with E-state index < -0.39 is 0 Å². The van der Waals surface area contributed by atoms with Crippen LogP contribution in [0, 0.1) is 0 Å². The molecule has 2 N–H and O–H groups in total. The molecular weight excluding hydrogens is 452 g/mol. The van der Waals surface area contributed by atoms with Crippen LogP contribution in [0.2, 0.25) is 5.02 Å². The third kappa shape index (κ3) is 6.15. The van der Waals surface area contributed by atoms with E-state index in [0.717, 1.165) is 30.0 Å². The SMILES string of the molecule is CCN(C)C(=O)c1cc(Nc2nccc(NCc3cccc(Cl)c3)n2)cc(N2CCOCC2)c1. The summed E-state index contributed by atoms with van der Waals surface area (Å²) < 4.78 is 5.49. The van der Waals surface area contributed by atoms with Crippen LogP contribution >= 0.6 is 11.6 Å². The average Bonchev–Trinajstić information content (AvgIpc) is 2.87. The molecule has 0 saturated carbocycles. The standard InChI is InChI=1S/C25H29ClN6O2/c1-3-31(2)24(33)19-14-21(16-22(15-19)32-9-11-34-12-10-32)29-25-27-8-7-23(30-25)28-17-18-5-4-6-20(26)13-18/h4-8,13-16H,3,9-12,17H2,1-2H3,(H2,27,28,29,30). The van der Waals surface area contributed by atoms with Gasteiger partial charge in [0.05, 0.1) is 13.2 Å². The molecule has 34 heavy (non-hydrogen) atoms. The fraction of sp³-hybridized carbons (Fsp3) is 0.320. The fourth-order valence-corrected chi connectivity index (χ4v) is 3.87. The van der Waals surface area contributed by atoms with Gasteiger partial charge in [0.1, 0.15) is 5.82 Å². The van der Waals surface area contributed by atoms with Crippen LogP contribution in [0.15, 0.2) is 54.7 Å². The van der Waals surface area contributed by atoms with E-state index in [2.05, 4.69) is 25.5 Å². The fourth-order valence-electron chi connectivity index (χ4n) is 3.66. The summed E-state index contributed by atoms with van der Waals surface area (Å²) in [6.07, 6.45) is 1.69. The lowest BCUT2D eigenvalue weighted by molar-refractivity contribution is 0.0802. The molecule has 1 amide bonds. The van der Waals surface area contributed by atoms with E-state index in [4.69, 9.17) is 16.3 Å². The number of nitrogens with zero attached hydrogens (tertiary/aromatic N) is 4. The van der Waals surface area contributed by atoms with Gasteiger partial charge in [-0.25, -0.2) is 4.98 Å². The zero-order valence-electron chi connectivity index (χ0n) is 19.4. The Bertz CT molecular complexity index is 1140. The number of morpholine rings is 1. The lowest BCUT2D eigenvalue weighted by atomic mass is 10.1. The number of ether oxygens (including phenoxy) is 1. The zero-order chi connectivity index (χ0) is 23.9. The Morgan fingerprint density at radius 1 is 1.18 bits per heavy atom. The predicted molar refractivity (Wildman–Crippen MR) is 136 cm³/mol. The smallest absolute Gasteiger partial charge is 0.253 e. The molecule has 0 unspecified atom stereocenters. The second-order valence-electron chi connectivity index (χ2n) is 8.06. The molecule has 0 atom stereocenters. The average molecular weight is 481 g/mol. The molecule has 1 saturated heterocycles. The number of amides is 1. The lowest BCUT2D eigenvalue weighted by Gasteiger charge is -2.30. The van der Waals surface area contributed by atoms with Gasteiger partial charge in [-0.05, 0) is 48.9 Å². The largest absolute Gasteiger partial charge is 0.378 e. The van der Waals surface area contributed by atoms with E-state index in [9.17, 15) is 4.79 Å². The zero-order valence-corrected chi connectivity index (χ0v) is 20.2. The lowest BCUT2D eigenvalue weighted by Crippen LogP contribution is -2.36. The van der Waals surface area contributed by atoms with Gasteiger partial charge in [-0.2, -0.15) is 4.98 Å². The summed E-state index contributed by atoms with van der Waals surface area (Å²) in [5, 5.41) is 7.27. The van der Waals surface area contributed by atoms with Crippen LogP contribution in [-0.2, 0) is 11.3 Å². The minimum atomic E-state index is -0.0292. The van der Waals surface area contributed by atoms with Gasteiger partial charge in [-0.3, -0.25) is 4.79 Å². The third-order valence-electron chi connectivity index (χ3n) is 5.64. The van der Waals surface area contributed by atoms with Crippen molar-refractivity contribution in [3.63, 3.8) is 0 Å². The first-order chi connectivity index (χ1) is 16.5. The summed E-state index contributed by atoms with van der Waals surface area (Å²) in [7, 11) is 1.80. The Morgan fingerprint density at radius 3 is 2.76 bits per heavy atom. The second kappa shape index (κ2) is 11.2. The molecule has 8 nitrogen and oxygen atoms in total. The number of halogens is 1. The van der Waals surface area contributed by atoms with Gasteiger partial charge in [-0.1, -0.05) is 23.7 Å². The van der Waals surface area contributed by atoms with Gasteiger partial charge in [0, 0.05) is 61.4 Å². The molecular formula is C25H29ClN6O2. The highest BCUT2D eigenvalue weighted by molar-refractivity contribution is 6.30. The summed E-state index contributed by atoms with van der Waals surface area (Å²) in [4.78, 5) is 25.8. The summed E-state index contributed by atoms with van der Waals surface area (Å²) in [6, 6.07) is 15.3. The Morgan fingerprint density at radius 2 is 2.00 bits per heavy atom. The van der Waals surface area contributed by atoms with Crippen LogP contribution < -0.4 is 15.5 Å². The topological polar surface area (TPSA) is 82.6 Å². The summed E-state index contributed by atoms with van der Waals surface area (Å²) >= 11 is 6.07. The maximum absolute atomic E-state index is 12.9. The van der Waals surface area contributed by atoms with Crippen molar-refractivity contribution in [2.24, 2.45) is 0 Å². The molecule has 9 heteroatoms. The molecule has 2 aromatic carbocycles. The van der Waals surface area contributed by atoms with Crippen molar-refractivity contribution in [2.45, 2.75) is 13.5 Å². The highest BCUT2D eigenvalue weighted by atomic mass is 35.5. The van der Waals surface area contributed by atoms with Gasteiger partial charge in [0.2, 0.25) is 5.95 Å². The van der Waals surface area contributed by atoms with Crippen molar-refractivity contribution in [1.29, 1.82) is 0 Å². The first-order valence-corrected chi connectivity index (χ1v) is 11.7. The normalized spacial score (nSPS) is 13.4. The minimum absolute atomic E-state index is 0.0292. The Hall–Kier alpha value is -3.36. The summed E-state index contributed by atoms with van der Waals surface area (Å²) in [5.74, 6) is 1.10. The second-order valence-corrected chi connectivity index (χ2v) is 8.50. The van der Waals surface area contributed by atoms with Crippen LogP contribution in [0.5, 0.6) is 0 Å². The van der Waals surface area contributed by atoms with E-state index >= 15 is 0 Å². The quantitative estimate of drug-likeness (QED) is 0.494. The first-order valence-electron chi connectivity index (χ1n) is 11.3. The van der Waals surface area contributed by atoms with Gasteiger partial charge < -0.3 is 25.2 Å². The van der Waals surface area contributed by atoms with E-state index in [0.29, 0.717) is 48.7 Å².